The molecule has 0 saturated heterocycles. The molecule has 104 valence electrons. The molecule has 4 nitrogen and oxygen atoms in total. The third-order valence-corrected chi connectivity index (χ3v) is 3.57. The molecule has 0 saturated carbocycles. The van der Waals surface area contributed by atoms with E-state index in [9.17, 15) is 9.90 Å². The quantitative estimate of drug-likeness (QED) is 0.797. The Morgan fingerprint density at radius 3 is 2.84 bits per heavy atom. The van der Waals surface area contributed by atoms with Crippen molar-refractivity contribution in [2.45, 2.75) is 32.4 Å². The van der Waals surface area contributed by atoms with Gasteiger partial charge in [-0.15, -0.1) is 0 Å². The molecule has 2 rings (SSSR count). The second kappa shape index (κ2) is 6.68. The van der Waals surface area contributed by atoms with Gasteiger partial charge in [0.15, 0.2) is 0 Å². The number of carboxylic acids is 1. The van der Waals surface area contributed by atoms with Gasteiger partial charge in [-0.1, -0.05) is 24.3 Å². The molecule has 1 heterocycles. The lowest BCUT2D eigenvalue weighted by atomic mass is 9.94. The van der Waals surface area contributed by atoms with Crippen LogP contribution in [0.2, 0.25) is 0 Å². The minimum Gasteiger partial charge on any atom is -0.480 e. The molecular weight excluding hydrogens is 242 g/mol. The molecule has 0 bridgehead atoms. The van der Waals surface area contributed by atoms with Crippen molar-refractivity contribution >= 4 is 5.97 Å². The van der Waals surface area contributed by atoms with Crippen LogP contribution in [0.5, 0.6) is 0 Å². The van der Waals surface area contributed by atoms with Crippen LogP contribution in [0.4, 0.5) is 0 Å². The first-order valence-electron chi connectivity index (χ1n) is 6.83. The van der Waals surface area contributed by atoms with Crippen molar-refractivity contribution in [3.63, 3.8) is 0 Å². The molecule has 1 aromatic rings. The zero-order valence-electron chi connectivity index (χ0n) is 11.3. The average Bonchev–Trinajstić information content (AvgIpc) is 2.42. The van der Waals surface area contributed by atoms with E-state index in [1.165, 1.54) is 5.56 Å². The number of aliphatic carboxylic acids is 1. The van der Waals surface area contributed by atoms with Gasteiger partial charge in [0.1, 0.15) is 6.04 Å². The second-order valence-corrected chi connectivity index (χ2v) is 4.85. The van der Waals surface area contributed by atoms with Gasteiger partial charge in [-0.25, -0.2) is 0 Å². The first kappa shape index (κ1) is 14.0. The van der Waals surface area contributed by atoms with Gasteiger partial charge >= 0.3 is 5.97 Å². The van der Waals surface area contributed by atoms with Crippen molar-refractivity contribution in [1.82, 2.24) is 4.90 Å². The van der Waals surface area contributed by atoms with Crippen molar-refractivity contribution in [2.75, 3.05) is 19.8 Å². The Kier molecular flexibility index (Phi) is 4.93. The van der Waals surface area contributed by atoms with Gasteiger partial charge in [0.05, 0.1) is 0 Å². The Hall–Kier alpha value is -1.39. The van der Waals surface area contributed by atoms with Crippen LogP contribution in [0.1, 0.15) is 24.5 Å². The summed E-state index contributed by atoms with van der Waals surface area (Å²) in [6.07, 6.45) is 1.47. The highest BCUT2D eigenvalue weighted by Crippen LogP contribution is 2.23. The van der Waals surface area contributed by atoms with E-state index in [4.69, 9.17) is 4.74 Å². The maximum absolute atomic E-state index is 11.4. The fourth-order valence-corrected chi connectivity index (χ4v) is 2.57. The molecule has 0 aliphatic carbocycles. The monoisotopic (exact) mass is 263 g/mol. The molecule has 0 fully saturated rings. The van der Waals surface area contributed by atoms with Crippen molar-refractivity contribution in [2.24, 2.45) is 0 Å². The molecule has 19 heavy (non-hydrogen) atoms. The molecule has 0 spiro atoms. The number of hydrogen-bond acceptors (Lipinski definition) is 3. The van der Waals surface area contributed by atoms with Crippen molar-refractivity contribution in [3.05, 3.63) is 35.4 Å². The maximum atomic E-state index is 11.4. The van der Waals surface area contributed by atoms with Crippen LogP contribution in [0.3, 0.4) is 0 Å². The summed E-state index contributed by atoms with van der Waals surface area (Å²) in [4.78, 5) is 13.4. The molecule has 1 aromatic carbocycles. The minimum atomic E-state index is -0.731. The maximum Gasteiger partial charge on any atom is 0.321 e. The first-order chi connectivity index (χ1) is 9.22. The lowest BCUT2D eigenvalue weighted by Gasteiger charge is -2.34. The number of ether oxygens (including phenoxy) is 1. The van der Waals surface area contributed by atoms with Gasteiger partial charge in [0.2, 0.25) is 0 Å². The molecule has 0 amide bonds. The van der Waals surface area contributed by atoms with E-state index in [-0.39, 0.29) is 0 Å². The molecule has 1 N–H and O–H groups in total. The van der Waals surface area contributed by atoms with Crippen LogP contribution in [-0.2, 0) is 22.5 Å². The number of carboxylic acid groups (broad SMARTS) is 1. The number of carbonyl (C=O) groups is 1. The van der Waals surface area contributed by atoms with Crippen LogP contribution in [-0.4, -0.2) is 41.8 Å². The normalized spacial score (nSPS) is 19.1. The Morgan fingerprint density at radius 2 is 2.16 bits per heavy atom. The van der Waals surface area contributed by atoms with Gasteiger partial charge < -0.3 is 9.84 Å². The third kappa shape index (κ3) is 3.55. The minimum absolute atomic E-state index is 0.406. The van der Waals surface area contributed by atoms with E-state index < -0.39 is 12.0 Å². The van der Waals surface area contributed by atoms with Gasteiger partial charge in [0.25, 0.3) is 0 Å². The van der Waals surface area contributed by atoms with E-state index >= 15 is 0 Å². The largest absolute Gasteiger partial charge is 0.480 e. The van der Waals surface area contributed by atoms with Gasteiger partial charge in [-0.3, -0.25) is 9.69 Å². The number of hydrogen-bond donors (Lipinski definition) is 1. The topological polar surface area (TPSA) is 49.8 Å². The predicted octanol–water partition coefficient (Wildman–Crippen LogP) is 1.92. The SMILES string of the molecule is CCOCCCN1Cc2ccccc2CC1C(=O)O. The van der Waals surface area contributed by atoms with Crippen LogP contribution in [0.15, 0.2) is 24.3 Å². The summed E-state index contributed by atoms with van der Waals surface area (Å²) >= 11 is 0. The summed E-state index contributed by atoms with van der Waals surface area (Å²) in [7, 11) is 0. The number of rotatable bonds is 6. The first-order valence-corrected chi connectivity index (χ1v) is 6.83. The molecule has 4 heteroatoms. The molecule has 1 atom stereocenters. The summed E-state index contributed by atoms with van der Waals surface area (Å²) in [6, 6.07) is 7.70. The van der Waals surface area contributed by atoms with E-state index in [0.29, 0.717) is 19.6 Å². The van der Waals surface area contributed by atoms with E-state index in [1.807, 2.05) is 30.0 Å². The van der Waals surface area contributed by atoms with Gasteiger partial charge in [0, 0.05) is 26.3 Å². The van der Waals surface area contributed by atoms with Gasteiger partial charge in [-0.05, 0) is 30.9 Å². The van der Waals surface area contributed by atoms with Crippen LogP contribution in [0, 0.1) is 0 Å². The van der Waals surface area contributed by atoms with Crippen LogP contribution < -0.4 is 0 Å². The fraction of sp³-hybridized carbons (Fsp3) is 0.533. The highest BCUT2D eigenvalue weighted by Gasteiger charge is 2.30. The van der Waals surface area contributed by atoms with E-state index in [1.54, 1.807) is 0 Å². The molecule has 0 aromatic heterocycles. The molecule has 1 unspecified atom stereocenters. The third-order valence-electron chi connectivity index (χ3n) is 3.57. The summed E-state index contributed by atoms with van der Waals surface area (Å²) in [5.74, 6) is -0.731. The van der Waals surface area contributed by atoms with Gasteiger partial charge in [-0.2, -0.15) is 0 Å². The second-order valence-electron chi connectivity index (χ2n) is 4.85. The van der Waals surface area contributed by atoms with E-state index in [2.05, 4.69) is 6.07 Å². The highest BCUT2D eigenvalue weighted by atomic mass is 16.5. The Bertz CT molecular complexity index is 433. The molecule has 1 aliphatic rings. The number of nitrogens with zero attached hydrogens (tertiary/aromatic N) is 1. The molecule has 1 aliphatic heterocycles. The predicted molar refractivity (Wildman–Crippen MR) is 73.1 cm³/mol. The fourth-order valence-electron chi connectivity index (χ4n) is 2.57. The summed E-state index contributed by atoms with van der Waals surface area (Å²) < 4.78 is 5.32. The lowest BCUT2D eigenvalue weighted by molar-refractivity contribution is -0.144. The van der Waals surface area contributed by atoms with Crippen LogP contribution in [0.25, 0.3) is 0 Å². The Balaban J connectivity index is 2.02. The summed E-state index contributed by atoms with van der Waals surface area (Å²) in [6.45, 7) is 4.87. The standard InChI is InChI=1S/C15H21NO3/c1-2-19-9-5-8-16-11-13-7-4-3-6-12(13)10-14(16)15(17)18/h3-4,6-7,14H,2,5,8-11H2,1H3,(H,17,18). The summed E-state index contributed by atoms with van der Waals surface area (Å²) in [5.41, 5.74) is 2.41. The average molecular weight is 263 g/mol. The molecule has 0 radical (unpaired) electrons. The van der Waals surface area contributed by atoms with Crippen molar-refractivity contribution in [1.29, 1.82) is 0 Å². The Labute approximate surface area is 114 Å². The zero-order valence-corrected chi connectivity index (χ0v) is 11.3. The van der Waals surface area contributed by atoms with E-state index in [0.717, 1.165) is 25.1 Å². The number of fused-ring (bicyclic) bond motifs is 1. The number of benzene rings is 1. The van der Waals surface area contributed by atoms with Crippen molar-refractivity contribution < 1.29 is 14.6 Å². The molecular formula is C15H21NO3. The highest BCUT2D eigenvalue weighted by molar-refractivity contribution is 5.74. The lowest BCUT2D eigenvalue weighted by Crippen LogP contribution is -2.46. The van der Waals surface area contributed by atoms with Crippen LogP contribution >= 0.6 is 0 Å². The Morgan fingerprint density at radius 1 is 1.42 bits per heavy atom. The summed E-state index contributed by atoms with van der Waals surface area (Å²) in [5, 5.41) is 9.36. The van der Waals surface area contributed by atoms with Crippen molar-refractivity contribution in [3.8, 4) is 0 Å². The zero-order chi connectivity index (χ0) is 13.7. The smallest absolute Gasteiger partial charge is 0.321 e.